The summed E-state index contributed by atoms with van der Waals surface area (Å²) in [5.74, 6) is -0.0750. The van der Waals surface area contributed by atoms with Crippen LogP contribution in [0.15, 0.2) is 24.3 Å². The highest BCUT2D eigenvalue weighted by Crippen LogP contribution is 2.13. The van der Waals surface area contributed by atoms with Gasteiger partial charge < -0.3 is 10.6 Å². The Hall–Kier alpha value is -1.90. The highest BCUT2D eigenvalue weighted by molar-refractivity contribution is 5.93. The van der Waals surface area contributed by atoms with Gasteiger partial charge in [0.05, 0.1) is 17.8 Å². The number of nitrogens with one attached hydrogen (secondary N) is 2. The third kappa shape index (κ3) is 3.80. The van der Waals surface area contributed by atoms with Crippen LogP contribution >= 0.6 is 0 Å². The number of amides is 1. The van der Waals surface area contributed by atoms with Crippen molar-refractivity contribution in [3.63, 3.8) is 0 Å². The number of para-hydroxylation sites is 1. The summed E-state index contributed by atoms with van der Waals surface area (Å²) in [5.41, 5.74) is 1.07. The van der Waals surface area contributed by atoms with Crippen LogP contribution < -0.4 is 10.6 Å². The number of piperazine rings is 1. The minimum atomic E-state index is -0.0750. The smallest absolute Gasteiger partial charge is 0.238 e. The molecule has 1 aliphatic rings. The molecule has 5 nitrogen and oxygen atoms in total. The number of anilines is 1. The maximum atomic E-state index is 12.1. The van der Waals surface area contributed by atoms with E-state index in [1.54, 1.807) is 18.2 Å². The quantitative estimate of drug-likeness (QED) is 0.867. The maximum absolute atomic E-state index is 12.1. The van der Waals surface area contributed by atoms with Gasteiger partial charge in [0.2, 0.25) is 5.91 Å². The fourth-order valence-electron chi connectivity index (χ4n) is 2.65. The predicted molar refractivity (Wildman–Crippen MR) is 78.3 cm³/mol. The summed E-state index contributed by atoms with van der Waals surface area (Å²) in [4.78, 5) is 14.2. The number of nitrogens with zero attached hydrogens (tertiary/aromatic N) is 2. The minimum Gasteiger partial charge on any atom is -0.324 e. The summed E-state index contributed by atoms with van der Waals surface area (Å²) in [6.07, 6.45) is 0. The summed E-state index contributed by atoms with van der Waals surface area (Å²) < 4.78 is 0. The number of hydrogen-bond acceptors (Lipinski definition) is 4. The molecule has 0 aliphatic carbocycles. The molecule has 106 valence electrons. The van der Waals surface area contributed by atoms with E-state index in [-0.39, 0.29) is 5.91 Å². The number of benzene rings is 1. The zero-order chi connectivity index (χ0) is 14.5. The van der Waals surface area contributed by atoms with Gasteiger partial charge in [-0.25, -0.2) is 0 Å². The van der Waals surface area contributed by atoms with Crippen LogP contribution in [-0.2, 0) is 4.79 Å². The topological polar surface area (TPSA) is 68.2 Å². The maximum Gasteiger partial charge on any atom is 0.238 e. The zero-order valence-corrected chi connectivity index (χ0v) is 11.9. The fraction of sp³-hybridized carbons (Fsp3) is 0.467. The third-order valence-electron chi connectivity index (χ3n) is 3.32. The van der Waals surface area contributed by atoms with E-state index in [1.165, 1.54) is 0 Å². The van der Waals surface area contributed by atoms with Crippen molar-refractivity contribution < 1.29 is 4.79 Å². The number of rotatable bonds is 3. The lowest BCUT2D eigenvalue weighted by Crippen LogP contribution is -2.55. The second kappa shape index (κ2) is 6.51. The van der Waals surface area contributed by atoms with Crippen LogP contribution in [-0.4, -0.2) is 42.5 Å². The van der Waals surface area contributed by atoms with Crippen LogP contribution in [0.1, 0.15) is 19.4 Å². The van der Waals surface area contributed by atoms with Gasteiger partial charge in [-0.15, -0.1) is 0 Å². The molecule has 2 rings (SSSR count). The number of hydrogen-bond donors (Lipinski definition) is 2. The van der Waals surface area contributed by atoms with Gasteiger partial charge in [0.15, 0.2) is 0 Å². The van der Waals surface area contributed by atoms with E-state index in [9.17, 15) is 4.79 Å². The average Bonchev–Trinajstić information content (AvgIpc) is 2.37. The van der Waals surface area contributed by atoms with Gasteiger partial charge in [0.1, 0.15) is 6.07 Å². The highest BCUT2D eigenvalue weighted by Gasteiger charge is 2.22. The van der Waals surface area contributed by atoms with E-state index in [1.807, 2.05) is 6.07 Å². The molecule has 0 bridgehead atoms. The van der Waals surface area contributed by atoms with Gasteiger partial charge in [-0.1, -0.05) is 12.1 Å². The van der Waals surface area contributed by atoms with Gasteiger partial charge in [0, 0.05) is 25.2 Å². The molecule has 1 amide bonds. The lowest BCUT2D eigenvalue weighted by Gasteiger charge is -2.35. The lowest BCUT2D eigenvalue weighted by molar-refractivity contribution is -0.117. The molecule has 2 atom stereocenters. The van der Waals surface area contributed by atoms with Crippen molar-refractivity contribution in [3.8, 4) is 6.07 Å². The van der Waals surface area contributed by atoms with Crippen LogP contribution in [0.5, 0.6) is 0 Å². The molecule has 1 fully saturated rings. The number of nitriles is 1. The van der Waals surface area contributed by atoms with Gasteiger partial charge >= 0.3 is 0 Å². The molecular formula is C15H20N4O. The molecule has 0 radical (unpaired) electrons. The molecule has 2 N–H and O–H groups in total. The minimum absolute atomic E-state index is 0.0750. The Kier molecular flexibility index (Phi) is 4.72. The van der Waals surface area contributed by atoms with E-state index >= 15 is 0 Å². The van der Waals surface area contributed by atoms with Gasteiger partial charge in [-0.2, -0.15) is 5.26 Å². The fourth-order valence-corrected chi connectivity index (χ4v) is 2.65. The molecular weight excluding hydrogens is 252 g/mol. The Labute approximate surface area is 119 Å². The molecule has 1 aromatic rings. The average molecular weight is 272 g/mol. The van der Waals surface area contributed by atoms with E-state index < -0.39 is 0 Å². The summed E-state index contributed by atoms with van der Waals surface area (Å²) in [6, 6.07) is 9.90. The summed E-state index contributed by atoms with van der Waals surface area (Å²) in [6.45, 7) is 6.31. The number of carbonyl (C=O) groups is 1. The second-order valence-corrected chi connectivity index (χ2v) is 5.37. The molecule has 2 unspecified atom stereocenters. The highest BCUT2D eigenvalue weighted by atomic mass is 16.2. The van der Waals surface area contributed by atoms with Crippen LogP contribution in [0.25, 0.3) is 0 Å². The molecule has 5 heteroatoms. The third-order valence-corrected chi connectivity index (χ3v) is 3.32. The Bertz CT molecular complexity index is 513. The molecule has 1 aliphatic heterocycles. The molecule has 0 spiro atoms. The SMILES string of the molecule is CC1CN(CC(=O)Nc2ccccc2C#N)CC(C)N1. The molecule has 0 aromatic heterocycles. The van der Waals surface area contributed by atoms with Crippen molar-refractivity contribution in [2.45, 2.75) is 25.9 Å². The van der Waals surface area contributed by atoms with E-state index in [0.717, 1.165) is 13.1 Å². The zero-order valence-electron chi connectivity index (χ0n) is 11.9. The standard InChI is InChI=1S/C15H20N4O/c1-11-8-19(9-12(2)17-11)10-15(20)18-14-6-4-3-5-13(14)7-16/h3-6,11-12,17H,8-10H2,1-2H3,(H,18,20). The predicted octanol–water partition coefficient (Wildman–Crippen LogP) is 1.18. The van der Waals surface area contributed by atoms with Crippen molar-refractivity contribution in [1.82, 2.24) is 10.2 Å². The molecule has 1 saturated heterocycles. The molecule has 20 heavy (non-hydrogen) atoms. The first-order valence-corrected chi connectivity index (χ1v) is 6.86. The van der Waals surface area contributed by atoms with Crippen LogP contribution in [0.2, 0.25) is 0 Å². The van der Waals surface area contributed by atoms with Crippen molar-refractivity contribution in [2.24, 2.45) is 0 Å². The second-order valence-electron chi connectivity index (χ2n) is 5.37. The largest absolute Gasteiger partial charge is 0.324 e. The molecule has 1 heterocycles. The van der Waals surface area contributed by atoms with E-state index in [4.69, 9.17) is 5.26 Å². The van der Waals surface area contributed by atoms with E-state index in [0.29, 0.717) is 29.9 Å². The van der Waals surface area contributed by atoms with Crippen molar-refractivity contribution in [2.75, 3.05) is 25.0 Å². The monoisotopic (exact) mass is 272 g/mol. The summed E-state index contributed by atoms with van der Waals surface area (Å²) in [7, 11) is 0. The Balaban J connectivity index is 1.94. The van der Waals surface area contributed by atoms with Gasteiger partial charge in [-0.05, 0) is 26.0 Å². The number of carbonyl (C=O) groups excluding carboxylic acids is 1. The first-order chi connectivity index (χ1) is 9.58. The van der Waals surface area contributed by atoms with Crippen LogP contribution in [0.4, 0.5) is 5.69 Å². The Morgan fingerprint density at radius 1 is 1.40 bits per heavy atom. The molecule has 0 saturated carbocycles. The van der Waals surface area contributed by atoms with Crippen molar-refractivity contribution in [3.05, 3.63) is 29.8 Å². The van der Waals surface area contributed by atoms with Crippen molar-refractivity contribution in [1.29, 1.82) is 5.26 Å². The van der Waals surface area contributed by atoms with Crippen LogP contribution in [0, 0.1) is 11.3 Å². The Morgan fingerprint density at radius 3 is 2.70 bits per heavy atom. The normalized spacial score (nSPS) is 23.1. The van der Waals surface area contributed by atoms with Crippen molar-refractivity contribution >= 4 is 11.6 Å². The Morgan fingerprint density at radius 2 is 2.05 bits per heavy atom. The van der Waals surface area contributed by atoms with Gasteiger partial charge in [-0.3, -0.25) is 9.69 Å². The van der Waals surface area contributed by atoms with Crippen LogP contribution in [0.3, 0.4) is 0 Å². The molecule has 1 aromatic carbocycles. The lowest BCUT2D eigenvalue weighted by atomic mass is 10.1. The summed E-state index contributed by atoms with van der Waals surface area (Å²) >= 11 is 0. The van der Waals surface area contributed by atoms with E-state index in [2.05, 4.69) is 35.5 Å². The first kappa shape index (κ1) is 14.5. The summed E-state index contributed by atoms with van der Waals surface area (Å²) in [5, 5.41) is 15.3. The van der Waals surface area contributed by atoms with Gasteiger partial charge in [0.25, 0.3) is 0 Å². The first-order valence-electron chi connectivity index (χ1n) is 6.86.